The molecule has 0 amide bonds. The number of esters is 2. The molecule has 0 aliphatic rings. The van der Waals surface area contributed by atoms with Gasteiger partial charge in [0.1, 0.15) is 19.8 Å². The summed E-state index contributed by atoms with van der Waals surface area (Å²) in [6, 6.07) is 0. The maximum atomic E-state index is 12.6. The second-order valence-corrected chi connectivity index (χ2v) is 16.8. The van der Waals surface area contributed by atoms with Gasteiger partial charge in [0.25, 0.3) is 0 Å². The standard InChI is InChI=1S/C44H80NO8P/c1-6-8-10-12-14-16-18-20-21-22-23-25-27-29-31-33-35-37-44(47)53-42(41-52-54(48,49)51-39-38-45(3,4)5)40-50-43(46)36-34-32-30-28-26-24-19-17-15-13-11-9-7-2/h20-21,23-26,29,31,42H,6-19,22,27-28,30,32-41H2,1-5H3/p+1/b21-20+,25-23+,26-24+,31-29+/t42-/m1/s1. The van der Waals surface area contributed by atoms with Crippen molar-refractivity contribution in [2.24, 2.45) is 0 Å². The third-order valence-electron chi connectivity index (χ3n) is 8.83. The minimum Gasteiger partial charge on any atom is -0.462 e. The van der Waals surface area contributed by atoms with Crippen molar-refractivity contribution in [2.45, 2.75) is 174 Å². The molecule has 0 aromatic heterocycles. The largest absolute Gasteiger partial charge is 0.472 e. The van der Waals surface area contributed by atoms with E-state index >= 15 is 0 Å². The Hall–Kier alpha value is -2.03. The number of carbonyl (C=O) groups excluding carboxylic acids is 2. The average Bonchev–Trinajstić information content (AvgIpc) is 3.12. The lowest BCUT2D eigenvalue weighted by Crippen LogP contribution is -2.37. The van der Waals surface area contributed by atoms with Gasteiger partial charge >= 0.3 is 19.8 Å². The number of hydrogen-bond donors (Lipinski definition) is 1. The van der Waals surface area contributed by atoms with Gasteiger partial charge in [0, 0.05) is 12.8 Å². The van der Waals surface area contributed by atoms with Crippen LogP contribution in [0.15, 0.2) is 48.6 Å². The van der Waals surface area contributed by atoms with Crippen LogP contribution in [-0.4, -0.2) is 74.9 Å². The van der Waals surface area contributed by atoms with Crippen molar-refractivity contribution in [3.8, 4) is 0 Å². The van der Waals surface area contributed by atoms with Gasteiger partial charge in [-0.25, -0.2) is 4.57 Å². The minimum atomic E-state index is -4.39. The number of phosphoric ester groups is 1. The Morgan fingerprint density at radius 1 is 0.574 bits per heavy atom. The van der Waals surface area contributed by atoms with Crippen LogP contribution in [0.5, 0.6) is 0 Å². The van der Waals surface area contributed by atoms with Crippen LogP contribution in [-0.2, 0) is 32.7 Å². The lowest BCUT2D eigenvalue weighted by atomic mass is 10.1. The van der Waals surface area contributed by atoms with E-state index in [-0.39, 0.29) is 26.1 Å². The average molecular weight is 783 g/mol. The summed E-state index contributed by atoms with van der Waals surface area (Å²) in [6.45, 7) is 4.32. The number of phosphoric acid groups is 1. The Morgan fingerprint density at radius 2 is 1.02 bits per heavy atom. The second kappa shape index (κ2) is 36.6. The molecule has 0 saturated carbocycles. The molecular weight excluding hydrogens is 701 g/mol. The van der Waals surface area contributed by atoms with E-state index in [2.05, 4.69) is 62.5 Å². The van der Waals surface area contributed by atoms with Crippen LogP contribution < -0.4 is 0 Å². The number of allylic oxidation sites excluding steroid dienone is 8. The predicted octanol–water partition coefficient (Wildman–Crippen LogP) is 11.9. The van der Waals surface area contributed by atoms with E-state index in [1.165, 1.54) is 77.0 Å². The zero-order chi connectivity index (χ0) is 40.0. The van der Waals surface area contributed by atoms with Crippen molar-refractivity contribution in [1.29, 1.82) is 0 Å². The summed E-state index contributed by atoms with van der Waals surface area (Å²) in [5, 5.41) is 0. The van der Waals surface area contributed by atoms with Gasteiger partial charge in [-0.1, -0.05) is 133 Å². The molecule has 1 N–H and O–H groups in total. The lowest BCUT2D eigenvalue weighted by Gasteiger charge is -2.24. The molecule has 0 rings (SSSR count). The minimum absolute atomic E-state index is 0.0191. The van der Waals surface area contributed by atoms with Gasteiger partial charge in [0.15, 0.2) is 6.10 Å². The third kappa shape index (κ3) is 39.7. The van der Waals surface area contributed by atoms with E-state index in [1.807, 2.05) is 21.1 Å². The first-order chi connectivity index (χ1) is 26.0. The van der Waals surface area contributed by atoms with Gasteiger partial charge in [-0.3, -0.25) is 18.6 Å². The topological polar surface area (TPSA) is 108 Å². The Kier molecular flexibility index (Phi) is 35.2. The molecule has 314 valence electrons. The Labute approximate surface area is 331 Å². The summed E-state index contributed by atoms with van der Waals surface area (Å²) in [5.41, 5.74) is 0. The molecule has 0 aromatic rings. The first kappa shape index (κ1) is 52.0. The first-order valence-corrected chi connectivity index (χ1v) is 22.9. The van der Waals surface area contributed by atoms with Gasteiger partial charge < -0.3 is 18.9 Å². The molecule has 0 spiro atoms. The van der Waals surface area contributed by atoms with Gasteiger partial charge in [-0.15, -0.1) is 0 Å². The molecule has 0 fully saturated rings. The zero-order valence-corrected chi connectivity index (χ0v) is 36.1. The number of hydrogen-bond acceptors (Lipinski definition) is 7. The summed E-state index contributed by atoms with van der Waals surface area (Å²) < 4.78 is 34.2. The predicted molar refractivity (Wildman–Crippen MR) is 224 cm³/mol. The van der Waals surface area contributed by atoms with Crippen LogP contribution in [0.4, 0.5) is 0 Å². The molecule has 1 unspecified atom stereocenters. The summed E-state index contributed by atoms with van der Waals surface area (Å²) in [5.74, 6) is -0.881. The zero-order valence-electron chi connectivity index (χ0n) is 35.2. The highest BCUT2D eigenvalue weighted by Crippen LogP contribution is 2.43. The molecule has 0 aromatic carbocycles. The molecule has 0 heterocycles. The van der Waals surface area contributed by atoms with Crippen molar-refractivity contribution in [3.05, 3.63) is 48.6 Å². The number of ether oxygens (including phenoxy) is 2. The smallest absolute Gasteiger partial charge is 0.462 e. The van der Waals surface area contributed by atoms with Gasteiger partial charge in [0.2, 0.25) is 0 Å². The van der Waals surface area contributed by atoms with Gasteiger partial charge in [0.05, 0.1) is 27.7 Å². The number of quaternary nitrogens is 1. The maximum absolute atomic E-state index is 12.6. The SMILES string of the molecule is CCCCCCCC/C=C/C/C=C/C/C=C/CCCC(=O)O[C@H](COC(=O)CCCCC/C=C/CCCCCCCC)COP(=O)(O)OCC[N+](C)(C)C. The Morgan fingerprint density at radius 3 is 1.56 bits per heavy atom. The number of nitrogens with zero attached hydrogens (tertiary/aromatic N) is 1. The molecule has 0 aliphatic carbocycles. The molecule has 9 nitrogen and oxygen atoms in total. The lowest BCUT2D eigenvalue weighted by molar-refractivity contribution is -0.870. The van der Waals surface area contributed by atoms with E-state index in [0.717, 1.165) is 51.4 Å². The van der Waals surface area contributed by atoms with Crippen LogP contribution >= 0.6 is 7.82 Å². The molecule has 0 saturated heterocycles. The third-order valence-corrected chi connectivity index (χ3v) is 9.82. The number of carbonyl (C=O) groups is 2. The molecule has 0 radical (unpaired) electrons. The van der Waals surface area contributed by atoms with Crippen molar-refractivity contribution >= 4 is 19.8 Å². The monoisotopic (exact) mass is 783 g/mol. The van der Waals surface area contributed by atoms with E-state index in [1.54, 1.807) is 0 Å². The number of likely N-dealkylation sites (N-methyl/N-ethyl adjacent to an activating group) is 1. The second-order valence-electron chi connectivity index (χ2n) is 15.4. The summed E-state index contributed by atoms with van der Waals surface area (Å²) in [7, 11) is 1.43. The normalized spacial score (nSPS) is 14.1. The number of unbranched alkanes of at least 4 members (excludes halogenated alkanes) is 16. The first-order valence-electron chi connectivity index (χ1n) is 21.4. The Bertz CT molecular complexity index is 1070. The summed E-state index contributed by atoms with van der Waals surface area (Å²) in [6.07, 6.45) is 41.7. The van der Waals surface area contributed by atoms with Gasteiger partial charge in [-0.2, -0.15) is 0 Å². The van der Waals surface area contributed by atoms with E-state index in [9.17, 15) is 19.0 Å². The van der Waals surface area contributed by atoms with Gasteiger partial charge in [-0.05, 0) is 70.6 Å². The Balaban J connectivity index is 4.50. The van der Waals surface area contributed by atoms with Crippen molar-refractivity contribution in [1.82, 2.24) is 0 Å². The van der Waals surface area contributed by atoms with E-state index in [4.69, 9.17) is 18.5 Å². The molecule has 0 aliphatic heterocycles. The van der Waals surface area contributed by atoms with Crippen LogP contribution in [0.25, 0.3) is 0 Å². The summed E-state index contributed by atoms with van der Waals surface area (Å²) >= 11 is 0. The van der Waals surface area contributed by atoms with E-state index < -0.39 is 32.5 Å². The molecule has 2 atom stereocenters. The van der Waals surface area contributed by atoms with Crippen molar-refractivity contribution in [3.63, 3.8) is 0 Å². The molecule has 0 bridgehead atoms. The molecule has 54 heavy (non-hydrogen) atoms. The van der Waals surface area contributed by atoms with Crippen LogP contribution in [0.1, 0.15) is 168 Å². The fourth-order valence-electron chi connectivity index (χ4n) is 5.43. The van der Waals surface area contributed by atoms with E-state index in [0.29, 0.717) is 23.9 Å². The fraction of sp³-hybridized carbons (Fsp3) is 0.773. The fourth-order valence-corrected chi connectivity index (χ4v) is 6.18. The quantitative estimate of drug-likeness (QED) is 0.0217. The van der Waals surface area contributed by atoms with Crippen LogP contribution in [0, 0.1) is 0 Å². The molecular formula is C44H81NO8P+. The number of rotatable bonds is 38. The highest BCUT2D eigenvalue weighted by molar-refractivity contribution is 7.47. The maximum Gasteiger partial charge on any atom is 0.472 e. The van der Waals surface area contributed by atoms with Crippen LogP contribution in [0.2, 0.25) is 0 Å². The summed E-state index contributed by atoms with van der Waals surface area (Å²) in [4.78, 5) is 35.3. The molecule has 10 heteroatoms. The highest BCUT2D eigenvalue weighted by atomic mass is 31.2. The van der Waals surface area contributed by atoms with Crippen LogP contribution in [0.3, 0.4) is 0 Å². The van der Waals surface area contributed by atoms with Crippen molar-refractivity contribution in [2.75, 3.05) is 47.5 Å². The van der Waals surface area contributed by atoms with Crippen molar-refractivity contribution < 1.29 is 42.1 Å². The highest BCUT2D eigenvalue weighted by Gasteiger charge is 2.27.